The third-order valence-electron chi connectivity index (χ3n) is 7.33. The lowest BCUT2D eigenvalue weighted by atomic mass is 9.96. The summed E-state index contributed by atoms with van der Waals surface area (Å²) in [6.07, 6.45) is -3.37. The van der Waals surface area contributed by atoms with Crippen molar-refractivity contribution >= 4 is 35.7 Å². The Morgan fingerprint density at radius 1 is 0.674 bits per heavy atom. The van der Waals surface area contributed by atoms with Gasteiger partial charge in [0, 0.05) is 27.1 Å². The summed E-state index contributed by atoms with van der Waals surface area (Å²) in [6.45, 7) is 9.98. The molecule has 0 aromatic rings. The molecule has 5 N–H and O–H groups in total. The second-order valence-electron chi connectivity index (χ2n) is 12.3. The first kappa shape index (κ1) is 38.6. The highest BCUT2D eigenvalue weighted by atomic mass is 16.6. The summed E-state index contributed by atoms with van der Waals surface area (Å²) in [5.74, 6) is -2.94. The molecule has 2 rings (SSSR count). The molecule has 0 saturated carbocycles. The molecule has 9 atom stereocenters. The van der Waals surface area contributed by atoms with Gasteiger partial charge in [0.1, 0.15) is 48.1 Å². The van der Waals surface area contributed by atoms with Gasteiger partial charge in [0.15, 0.2) is 0 Å². The van der Waals surface area contributed by atoms with Crippen molar-refractivity contribution in [2.75, 3.05) is 34.5 Å². The number of nitrogens with one attached hydrogen (secondary N) is 5. The fourth-order valence-electron chi connectivity index (χ4n) is 4.69. The smallest absolute Gasteiger partial charge is 0.408 e. The Morgan fingerprint density at radius 2 is 1.09 bits per heavy atom. The average Bonchev–Trinajstić information content (AvgIpc) is 2.90. The van der Waals surface area contributed by atoms with Crippen LogP contribution in [0, 0.1) is 0 Å². The van der Waals surface area contributed by atoms with Crippen LogP contribution in [-0.4, -0.2) is 130 Å². The molecule has 0 aliphatic carbocycles. The fraction of sp³-hybridized carbons (Fsp3) is 0.793. The van der Waals surface area contributed by atoms with Gasteiger partial charge in [0.05, 0.1) is 32.4 Å². The van der Waals surface area contributed by atoms with Crippen LogP contribution in [0.2, 0.25) is 0 Å². The molecule has 2 saturated heterocycles. The SMILES string of the molecule is COC(=O)[C@H](C)NC(=O)C[C@H](NC(=O)[C@H](C)NC(=O)C[C@H](NC(=O)[C@H](C)NC(=O)OC(C)(C)C)[C@H]1OC[C@H]1OC)[C@H]1OC[C@H]1OC. The Morgan fingerprint density at radius 3 is 1.43 bits per heavy atom. The molecule has 0 bridgehead atoms. The third-order valence-corrected chi connectivity index (χ3v) is 7.33. The van der Waals surface area contributed by atoms with E-state index in [1.165, 1.54) is 42.1 Å². The zero-order valence-corrected chi connectivity index (χ0v) is 27.9. The minimum Gasteiger partial charge on any atom is -0.467 e. The Bertz CT molecular complexity index is 1090. The van der Waals surface area contributed by atoms with Crippen molar-refractivity contribution in [3.8, 4) is 0 Å². The first-order valence-corrected chi connectivity index (χ1v) is 15.0. The predicted octanol–water partition coefficient (Wildman–Crippen LogP) is -1.34. The molecule has 5 amide bonds. The molecule has 0 unspecified atom stereocenters. The summed E-state index contributed by atoms with van der Waals surface area (Å²) in [4.78, 5) is 75.7. The summed E-state index contributed by atoms with van der Waals surface area (Å²) in [7, 11) is 4.15. The maximum Gasteiger partial charge on any atom is 0.408 e. The summed E-state index contributed by atoms with van der Waals surface area (Å²) < 4.78 is 31.7. The molecule has 2 aliphatic heterocycles. The largest absolute Gasteiger partial charge is 0.467 e. The first-order valence-electron chi connectivity index (χ1n) is 15.0. The van der Waals surface area contributed by atoms with Gasteiger partial charge < -0.3 is 55.0 Å². The maximum absolute atomic E-state index is 13.1. The van der Waals surface area contributed by atoms with Crippen LogP contribution < -0.4 is 26.6 Å². The van der Waals surface area contributed by atoms with Gasteiger partial charge in [-0.2, -0.15) is 0 Å². The van der Waals surface area contributed by atoms with Gasteiger partial charge in [0.25, 0.3) is 0 Å². The highest BCUT2D eigenvalue weighted by Gasteiger charge is 2.43. The van der Waals surface area contributed by atoms with Crippen molar-refractivity contribution in [2.45, 2.75) is 115 Å². The summed E-state index contributed by atoms with van der Waals surface area (Å²) >= 11 is 0. The Kier molecular flexibility index (Phi) is 14.6. The molecule has 0 radical (unpaired) electrons. The summed E-state index contributed by atoms with van der Waals surface area (Å²) in [5, 5.41) is 13.0. The average molecular weight is 660 g/mol. The highest BCUT2D eigenvalue weighted by Crippen LogP contribution is 2.23. The molecule has 2 fully saturated rings. The normalized spacial score (nSPS) is 23.8. The molecule has 2 aliphatic rings. The van der Waals surface area contributed by atoms with E-state index < -0.39 is 89.8 Å². The van der Waals surface area contributed by atoms with Crippen molar-refractivity contribution < 1.29 is 57.2 Å². The number of carbonyl (C=O) groups is 6. The number of methoxy groups -OCH3 is 3. The van der Waals surface area contributed by atoms with Crippen LogP contribution in [0.1, 0.15) is 54.4 Å². The van der Waals surface area contributed by atoms with E-state index in [-0.39, 0.29) is 32.2 Å². The number of carbonyl (C=O) groups excluding carboxylic acids is 6. The van der Waals surface area contributed by atoms with Crippen LogP contribution in [0.25, 0.3) is 0 Å². The number of rotatable bonds is 16. The molecule has 0 aromatic carbocycles. The number of esters is 1. The zero-order valence-electron chi connectivity index (χ0n) is 27.9. The lowest BCUT2D eigenvalue weighted by Crippen LogP contribution is -2.62. The van der Waals surface area contributed by atoms with Crippen molar-refractivity contribution in [3.05, 3.63) is 0 Å². The Balaban J connectivity index is 2.03. The number of hydrogen-bond donors (Lipinski definition) is 5. The van der Waals surface area contributed by atoms with Crippen molar-refractivity contribution in [3.63, 3.8) is 0 Å². The van der Waals surface area contributed by atoms with Crippen LogP contribution in [0.15, 0.2) is 0 Å². The van der Waals surface area contributed by atoms with Crippen molar-refractivity contribution in [2.24, 2.45) is 0 Å². The Hall–Kier alpha value is -3.54. The van der Waals surface area contributed by atoms with E-state index in [2.05, 4.69) is 31.3 Å². The lowest BCUT2D eigenvalue weighted by Gasteiger charge is -2.41. The zero-order chi connectivity index (χ0) is 34.8. The number of amides is 5. The van der Waals surface area contributed by atoms with Crippen LogP contribution in [0.3, 0.4) is 0 Å². The lowest BCUT2D eigenvalue weighted by molar-refractivity contribution is -0.190. The van der Waals surface area contributed by atoms with Gasteiger partial charge in [-0.25, -0.2) is 9.59 Å². The van der Waals surface area contributed by atoms with Crippen LogP contribution >= 0.6 is 0 Å². The van der Waals surface area contributed by atoms with Crippen LogP contribution in [0.4, 0.5) is 4.79 Å². The third kappa shape index (κ3) is 11.7. The molecular weight excluding hydrogens is 610 g/mol. The van der Waals surface area contributed by atoms with E-state index >= 15 is 0 Å². The van der Waals surface area contributed by atoms with Gasteiger partial charge in [-0.1, -0.05) is 0 Å². The van der Waals surface area contributed by atoms with Gasteiger partial charge in [-0.15, -0.1) is 0 Å². The van der Waals surface area contributed by atoms with E-state index in [1.54, 1.807) is 20.8 Å². The molecular formula is C29H49N5O12. The minimum atomic E-state index is -1.06. The van der Waals surface area contributed by atoms with Crippen LogP contribution in [-0.2, 0) is 52.4 Å². The van der Waals surface area contributed by atoms with Crippen molar-refractivity contribution in [1.29, 1.82) is 0 Å². The van der Waals surface area contributed by atoms with Crippen LogP contribution in [0.5, 0.6) is 0 Å². The molecule has 17 nitrogen and oxygen atoms in total. The number of hydrogen-bond acceptors (Lipinski definition) is 12. The van der Waals surface area contributed by atoms with E-state index in [4.69, 9.17) is 23.7 Å². The van der Waals surface area contributed by atoms with Crippen molar-refractivity contribution in [1.82, 2.24) is 26.6 Å². The second kappa shape index (κ2) is 17.4. The molecule has 2 heterocycles. The molecule has 0 spiro atoms. The van der Waals surface area contributed by atoms with Gasteiger partial charge >= 0.3 is 12.1 Å². The van der Waals surface area contributed by atoms with E-state index in [1.807, 2.05) is 0 Å². The maximum atomic E-state index is 13.1. The summed E-state index contributed by atoms with van der Waals surface area (Å²) in [6, 6.07) is -4.66. The molecule has 0 aromatic heterocycles. The Labute approximate surface area is 268 Å². The van der Waals surface area contributed by atoms with Gasteiger partial charge in [-0.05, 0) is 41.5 Å². The van der Waals surface area contributed by atoms with Gasteiger partial charge in [-0.3, -0.25) is 19.2 Å². The first-order chi connectivity index (χ1) is 21.5. The van der Waals surface area contributed by atoms with E-state index in [0.717, 1.165) is 0 Å². The highest BCUT2D eigenvalue weighted by molar-refractivity contribution is 5.90. The number of alkyl carbamates (subject to hydrolysis) is 1. The topological polar surface area (TPSA) is 218 Å². The molecule has 17 heteroatoms. The second-order valence-corrected chi connectivity index (χ2v) is 12.3. The van der Waals surface area contributed by atoms with E-state index in [9.17, 15) is 28.8 Å². The summed E-state index contributed by atoms with van der Waals surface area (Å²) in [5.41, 5.74) is -0.763. The van der Waals surface area contributed by atoms with Gasteiger partial charge in [0.2, 0.25) is 23.6 Å². The van der Waals surface area contributed by atoms with E-state index in [0.29, 0.717) is 0 Å². The molecule has 262 valence electrons. The quantitative estimate of drug-likeness (QED) is 0.122. The molecule has 46 heavy (non-hydrogen) atoms. The number of ether oxygens (including phenoxy) is 6. The fourth-order valence-corrected chi connectivity index (χ4v) is 4.69. The minimum absolute atomic E-state index is 0.237. The standard InChI is InChI=1S/C29H49N5O12/c1-14(25(37)33-18(24-20(42-8)13-45-24)11-22(36)31-16(3)27(39)43-9)30-21(35)10-17(23-19(41-7)12-44-23)34-26(38)15(2)32-28(40)46-29(4,5)6/h14-20,23-24H,10-13H2,1-9H3,(H,30,35)(H,31,36)(H,32,40)(H,33,37)(H,34,38)/t14-,15-,16-,17-,18-,19+,20+,23+,24+/m0/s1. The monoisotopic (exact) mass is 659 g/mol. The predicted molar refractivity (Wildman–Crippen MR) is 160 cm³/mol.